The minimum atomic E-state index is 0.572. The van der Waals surface area contributed by atoms with Crippen LogP contribution in [0.4, 0.5) is 0 Å². The topological polar surface area (TPSA) is 12.0 Å². The molecule has 0 bridgehead atoms. The van der Waals surface area contributed by atoms with Gasteiger partial charge in [-0.1, -0.05) is 27.2 Å². The molecule has 2 fully saturated rings. The maximum absolute atomic E-state index is 3.71. The fourth-order valence-electron chi connectivity index (χ4n) is 3.50. The normalized spacial score (nSPS) is 37.4. The van der Waals surface area contributed by atoms with Crippen molar-refractivity contribution in [2.24, 2.45) is 17.3 Å². The van der Waals surface area contributed by atoms with Crippen LogP contribution in [0, 0.1) is 17.3 Å². The van der Waals surface area contributed by atoms with Crippen molar-refractivity contribution in [2.75, 3.05) is 6.54 Å². The summed E-state index contributed by atoms with van der Waals surface area (Å²) in [5, 5.41) is 3.71. The van der Waals surface area contributed by atoms with E-state index in [0.717, 1.165) is 17.9 Å². The molecule has 2 aliphatic rings. The molecule has 15 heavy (non-hydrogen) atoms. The highest BCUT2D eigenvalue weighted by Crippen LogP contribution is 2.44. The minimum Gasteiger partial charge on any atom is -0.314 e. The van der Waals surface area contributed by atoms with Crippen LogP contribution in [-0.2, 0) is 0 Å². The summed E-state index contributed by atoms with van der Waals surface area (Å²) in [6, 6.07) is 0.864. The lowest BCUT2D eigenvalue weighted by atomic mass is 9.64. The quantitative estimate of drug-likeness (QED) is 0.733. The van der Waals surface area contributed by atoms with Crippen LogP contribution in [0.3, 0.4) is 0 Å². The smallest absolute Gasteiger partial charge is 0.00955 e. The first-order valence-corrected chi connectivity index (χ1v) is 6.87. The number of fused-ring (bicyclic) bond motifs is 1. The molecule has 1 aliphatic carbocycles. The lowest BCUT2D eigenvalue weighted by Crippen LogP contribution is -2.46. The molecule has 0 aromatic carbocycles. The van der Waals surface area contributed by atoms with E-state index in [1.807, 2.05) is 0 Å². The first-order valence-electron chi connectivity index (χ1n) is 6.87. The molecule has 0 aromatic rings. The van der Waals surface area contributed by atoms with Crippen molar-refractivity contribution in [1.29, 1.82) is 0 Å². The second-order valence-electron chi connectivity index (χ2n) is 6.32. The molecule has 1 heterocycles. The molecular formula is C14H27N. The Morgan fingerprint density at radius 3 is 2.73 bits per heavy atom. The molecule has 0 aromatic heterocycles. The van der Waals surface area contributed by atoms with Crippen LogP contribution < -0.4 is 5.32 Å². The minimum absolute atomic E-state index is 0.572. The molecule has 2 rings (SSSR count). The predicted molar refractivity (Wildman–Crippen MR) is 65.9 cm³/mol. The fraction of sp³-hybridized carbons (Fsp3) is 1.00. The van der Waals surface area contributed by atoms with Crippen molar-refractivity contribution in [3.63, 3.8) is 0 Å². The van der Waals surface area contributed by atoms with Gasteiger partial charge in [0.05, 0.1) is 0 Å². The molecule has 1 heteroatoms. The monoisotopic (exact) mass is 209 g/mol. The van der Waals surface area contributed by atoms with E-state index in [4.69, 9.17) is 0 Å². The Kier molecular flexibility index (Phi) is 3.39. The van der Waals surface area contributed by atoms with Gasteiger partial charge in [-0.05, 0) is 55.9 Å². The zero-order valence-electron chi connectivity index (χ0n) is 10.7. The van der Waals surface area contributed by atoms with Gasteiger partial charge in [-0.25, -0.2) is 0 Å². The van der Waals surface area contributed by atoms with Crippen LogP contribution >= 0.6 is 0 Å². The Labute approximate surface area is 95.0 Å². The highest BCUT2D eigenvalue weighted by atomic mass is 14.9. The van der Waals surface area contributed by atoms with Gasteiger partial charge in [0.15, 0.2) is 0 Å². The van der Waals surface area contributed by atoms with Gasteiger partial charge >= 0.3 is 0 Å². The Hall–Kier alpha value is -0.0400. The molecule has 3 unspecified atom stereocenters. The third-order valence-corrected chi connectivity index (χ3v) is 5.16. The summed E-state index contributed by atoms with van der Waals surface area (Å²) in [5.74, 6) is 1.96. The highest BCUT2D eigenvalue weighted by molar-refractivity contribution is 4.91. The molecule has 0 amide bonds. The molecule has 1 saturated carbocycles. The van der Waals surface area contributed by atoms with Crippen molar-refractivity contribution in [3.8, 4) is 0 Å². The first kappa shape index (κ1) is 11.4. The van der Waals surface area contributed by atoms with E-state index in [1.165, 1.54) is 45.1 Å². The van der Waals surface area contributed by atoms with Gasteiger partial charge in [0.2, 0.25) is 0 Å². The third-order valence-electron chi connectivity index (χ3n) is 5.16. The molecule has 1 aliphatic heterocycles. The van der Waals surface area contributed by atoms with Crippen LogP contribution in [0.25, 0.3) is 0 Å². The predicted octanol–water partition coefficient (Wildman–Crippen LogP) is 3.59. The van der Waals surface area contributed by atoms with E-state index in [-0.39, 0.29) is 0 Å². The maximum Gasteiger partial charge on any atom is 0.00955 e. The summed E-state index contributed by atoms with van der Waals surface area (Å²) in [6.45, 7) is 8.55. The summed E-state index contributed by atoms with van der Waals surface area (Å²) < 4.78 is 0. The molecule has 0 spiro atoms. The molecule has 3 atom stereocenters. The van der Waals surface area contributed by atoms with Crippen LogP contribution in [-0.4, -0.2) is 12.6 Å². The van der Waals surface area contributed by atoms with E-state index >= 15 is 0 Å². The van der Waals surface area contributed by atoms with Crippen LogP contribution in [0.5, 0.6) is 0 Å². The molecule has 1 N–H and O–H groups in total. The van der Waals surface area contributed by atoms with Crippen molar-refractivity contribution in [2.45, 2.75) is 65.3 Å². The summed E-state index contributed by atoms with van der Waals surface area (Å²) in [7, 11) is 0. The van der Waals surface area contributed by atoms with Gasteiger partial charge in [-0.3, -0.25) is 0 Å². The van der Waals surface area contributed by atoms with Crippen LogP contribution in [0.2, 0.25) is 0 Å². The van der Waals surface area contributed by atoms with E-state index < -0.39 is 0 Å². The van der Waals surface area contributed by atoms with Gasteiger partial charge < -0.3 is 5.32 Å². The van der Waals surface area contributed by atoms with E-state index in [2.05, 4.69) is 26.1 Å². The molecule has 0 radical (unpaired) electrons. The number of nitrogens with one attached hydrogen (secondary N) is 1. The largest absolute Gasteiger partial charge is 0.314 e. The Morgan fingerprint density at radius 2 is 2.00 bits per heavy atom. The summed E-state index contributed by atoms with van der Waals surface area (Å²) in [6.07, 6.45) is 8.59. The second-order valence-corrected chi connectivity index (χ2v) is 6.32. The van der Waals surface area contributed by atoms with Crippen molar-refractivity contribution in [3.05, 3.63) is 0 Å². The van der Waals surface area contributed by atoms with Gasteiger partial charge in [-0.2, -0.15) is 0 Å². The summed E-state index contributed by atoms with van der Waals surface area (Å²) in [5.41, 5.74) is 0.572. The Bertz CT molecular complexity index is 209. The molecule has 1 nitrogen and oxygen atoms in total. The van der Waals surface area contributed by atoms with Crippen molar-refractivity contribution >= 4 is 0 Å². The zero-order valence-corrected chi connectivity index (χ0v) is 10.7. The molecule has 1 saturated heterocycles. The van der Waals surface area contributed by atoms with Gasteiger partial charge in [0.25, 0.3) is 0 Å². The Balaban J connectivity index is 1.96. The maximum atomic E-state index is 3.71. The standard InChI is InChI=1S/C14H27N/c1-4-14(2,3)12-7-8-13-11(10-12)6-5-9-15-13/h11-13,15H,4-10H2,1-3H3. The van der Waals surface area contributed by atoms with Crippen molar-refractivity contribution in [1.82, 2.24) is 5.32 Å². The third kappa shape index (κ3) is 2.38. The van der Waals surface area contributed by atoms with E-state index in [0.29, 0.717) is 5.41 Å². The average molecular weight is 209 g/mol. The Morgan fingerprint density at radius 1 is 1.20 bits per heavy atom. The van der Waals surface area contributed by atoms with Crippen LogP contribution in [0.1, 0.15) is 59.3 Å². The number of piperidine rings is 1. The summed E-state index contributed by atoms with van der Waals surface area (Å²) in [4.78, 5) is 0. The summed E-state index contributed by atoms with van der Waals surface area (Å²) >= 11 is 0. The van der Waals surface area contributed by atoms with E-state index in [1.54, 1.807) is 0 Å². The lowest BCUT2D eigenvalue weighted by molar-refractivity contribution is 0.0818. The van der Waals surface area contributed by atoms with E-state index in [9.17, 15) is 0 Å². The van der Waals surface area contributed by atoms with Gasteiger partial charge in [-0.15, -0.1) is 0 Å². The number of hydrogen-bond acceptors (Lipinski definition) is 1. The van der Waals surface area contributed by atoms with Gasteiger partial charge in [0, 0.05) is 6.04 Å². The number of rotatable bonds is 2. The lowest BCUT2D eigenvalue weighted by Gasteiger charge is -2.45. The van der Waals surface area contributed by atoms with Crippen LogP contribution in [0.15, 0.2) is 0 Å². The number of hydrogen-bond donors (Lipinski definition) is 1. The fourth-order valence-corrected chi connectivity index (χ4v) is 3.50. The second kappa shape index (κ2) is 4.45. The first-order chi connectivity index (χ1) is 7.13. The SMILES string of the molecule is CCC(C)(C)C1CCC2NCCCC2C1. The molecule has 88 valence electrons. The zero-order chi connectivity index (χ0) is 10.9. The highest BCUT2D eigenvalue weighted by Gasteiger charge is 2.37. The van der Waals surface area contributed by atoms with Crippen molar-refractivity contribution < 1.29 is 0 Å². The average Bonchev–Trinajstić information content (AvgIpc) is 2.28. The van der Waals surface area contributed by atoms with Gasteiger partial charge in [0.1, 0.15) is 0 Å². The molecular weight excluding hydrogens is 182 g/mol.